The van der Waals surface area contributed by atoms with E-state index in [0.717, 1.165) is 31.7 Å². The Labute approximate surface area is 92.8 Å². The summed E-state index contributed by atoms with van der Waals surface area (Å²) in [6, 6.07) is 0.256. The lowest BCUT2D eigenvalue weighted by atomic mass is 10.0. The van der Waals surface area contributed by atoms with Gasteiger partial charge in [-0.1, -0.05) is 13.3 Å². The van der Waals surface area contributed by atoms with Crippen molar-refractivity contribution in [2.24, 2.45) is 17.6 Å². The molecule has 3 N–H and O–H groups in total. The van der Waals surface area contributed by atoms with Gasteiger partial charge in [-0.05, 0) is 38.5 Å². The Kier molecular flexibility index (Phi) is 5.09. The van der Waals surface area contributed by atoms with E-state index in [-0.39, 0.29) is 17.9 Å². The standard InChI is InChI=1S/C12H24N2O/c1-9(4-3-5-10(2)13)12(15)14-8-11-6-7-11/h9-11H,3-8,13H2,1-2H3,(H,14,15). The van der Waals surface area contributed by atoms with E-state index >= 15 is 0 Å². The van der Waals surface area contributed by atoms with Gasteiger partial charge in [0.1, 0.15) is 0 Å². The Bertz CT molecular complexity index is 200. The van der Waals surface area contributed by atoms with Crippen LogP contribution in [0.1, 0.15) is 46.0 Å². The third-order valence-electron chi connectivity index (χ3n) is 3.01. The van der Waals surface area contributed by atoms with Crippen molar-refractivity contribution in [1.82, 2.24) is 5.32 Å². The molecule has 3 nitrogen and oxygen atoms in total. The van der Waals surface area contributed by atoms with Gasteiger partial charge in [0, 0.05) is 18.5 Å². The highest BCUT2D eigenvalue weighted by Crippen LogP contribution is 2.27. The van der Waals surface area contributed by atoms with Crippen molar-refractivity contribution < 1.29 is 4.79 Å². The van der Waals surface area contributed by atoms with Gasteiger partial charge in [0.05, 0.1) is 0 Å². The highest BCUT2D eigenvalue weighted by molar-refractivity contribution is 5.78. The topological polar surface area (TPSA) is 55.1 Å². The first kappa shape index (κ1) is 12.5. The molecular formula is C12H24N2O. The fraction of sp³-hybridized carbons (Fsp3) is 0.917. The van der Waals surface area contributed by atoms with E-state index in [9.17, 15) is 4.79 Å². The van der Waals surface area contributed by atoms with E-state index in [1.165, 1.54) is 12.8 Å². The smallest absolute Gasteiger partial charge is 0.222 e. The van der Waals surface area contributed by atoms with E-state index in [1.54, 1.807) is 0 Å². The van der Waals surface area contributed by atoms with Crippen LogP contribution in [-0.2, 0) is 4.79 Å². The van der Waals surface area contributed by atoms with Crippen molar-refractivity contribution in [1.29, 1.82) is 0 Å². The number of nitrogens with two attached hydrogens (primary N) is 1. The van der Waals surface area contributed by atoms with Crippen LogP contribution >= 0.6 is 0 Å². The largest absolute Gasteiger partial charge is 0.356 e. The fourth-order valence-electron chi connectivity index (χ4n) is 1.62. The summed E-state index contributed by atoms with van der Waals surface area (Å²) in [7, 11) is 0. The van der Waals surface area contributed by atoms with Crippen LogP contribution in [0.25, 0.3) is 0 Å². The van der Waals surface area contributed by atoms with Gasteiger partial charge in [0.2, 0.25) is 5.91 Å². The predicted octanol–water partition coefficient (Wildman–Crippen LogP) is 1.67. The average Bonchev–Trinajstić information content (AvgIpc) is 2.96. The van der Waals surface area contributed by atoms with Gasteiger partial charge in [-0.3, -0.25) is 4.79 Å². The van der Waals surface area contributed by atoms with Crippen LogP contribution in [0.3, 0.4) is 0 Å². The second-order valence-corrected chi connectivity index (χ2v) is 5.00. The molecule has 0 bridgehead atoms. The lowest BCUT2D eigenvalue weighted by Crippen LogP contribution is -2.31. The van der Waals surface area contributed by atoms with E-state index < -0.39 is 0 Å². The van der Waals surface area contributed by atoms with Crippen LogP contribution in [0.5, 0.6) is 0 Å². The molecule has 1 fully saturated rings. The molecule has 0 saturated heterocycles. The Morgan fingerprint density at radius 1 is 1.40 bits per heavy atom. The molecule has 0 aromatic rings. The normalized spacial score (nSPS) is 19.7. The maximum Gasteiger partial charge on any atom is 0.222 e. The summed E-state index contributed by atoms with van der Waals surface area (Å²) in [5.41, 5.74) is 5.66. The molecule has 1 aliphatic carbocycles. The summed E-state index contributed by atoms with van der Waals surface area (Å²) in [5, 5.41) is 3.01. The van der Waals surface area contributed by atoms with Gasteiger partial charge in [0.25, 0.3) is 0 Å². The Morgan fingerprint density at radius 2 is 2.07 bits per heavy atom. The number of nitrogens with one attached hydrogen (secondary N) is 1. The maximum atomic E-state index is 11.6. The SMILES string of the molecule is CC(N)CCCC(C)C(=O)NCC1CC1. The molecule has 2 atom stereocenters. The molecule has 15 heavy (non-hydrogen) atoms. The summed E-state index contributed by atoms with van der Waals surface area (Å²) >= 11 is 0. The Balaban J connectivity index is 2.03. The third kappa shape index (κ3) is 5.78. The minimum absolute atomic E-state index is 0.141. The first-order chi connectivity index (χ1) is 7.09. The maximum absolute atomic E-state index is 11.6. The second kappa shape index (κ2) is 6.11. The van der Waals surface area contributed by atoms with Crippen molar-refractivity contribution >= 4 is 5.91 Å². The lowest BCUT2D eigenvalue weighted by Gasteiger charge is -2.12. The van der Waals surface area contributed by atoms with Gasteiger partial charge in [0.15, 0.2) is 0 Å². The molecule has 0 heterocycles. The number of carbonyl (C=O) groups is 1. The van der Waals surface area contributed by atoms with Crippen molar-refractivity contribution in [2.45, 2.75) is 52.0 Å². The van der Waals surface area contributed by atoms with Gasteiger partial charge in [-0.2, -0.15) is 0 Å². The molecule has 0 aromatic heterocycles. The molecule has 1 rings (SSSR count). The van der Waals surface area contributed by atoms with Crippen LogP contribution in [0.15, 0.2) is 0 Å². The summed E-state index contributed by atoms with van der Waals surface area (Å²) in [6.07, 6.45) is 5.60. The Hall–Kier alpha value is -0.570. The number of rotatable bonds is 7. The molecule has 0 aliphatic heterocycles. The monoisotopic (exact) mass is 212 g/mol. The fourth-order valence-corrected chi connectivity index (χ4v) is 1.62. The molecule has 3 heteroatoms. The van der Waals surface area contributed by atoms with Crippen molar-refractivity contribution in [3.05, 3.63) is 0 Å². The molecule has 1 saturated carbocycles. The molecule has 1 aliphatic rings. The zero-order valence-corrected chi connectivity index (χ0v) is 9.96. The van der Waals surface area contributed by atoms with Crippen LogP contribution in [0.2, 0.25) is 0 Å². The third-order valence-corrected chi connectivity index (χ3v) is 3.01. The van der Waals surface area contributed by atoms with Crippen molar-refractivity contribution in [3.63, 3.8) is 0 Å². The van der Waals surface area contributed by atoms with Crippen LogP contribution < -0.4 is 11.1 Å². The highest BCUT2D eigenvalue weighted by atomic mass is 16.1. The first-order valence-corrected chi connectivity index (χ1v) is 6.13. The summed E-state index contributed by atoms with van der Waals surface area (Å²) in [5.74, 6) is 1.12. The number of hydrogen-bond donors (Lipinski definition) is 2. The van der Waals surface area contributed by atoms with Crippen molar-refractivity contribution in [3.8, 4) is 0 Å². The van der Waals surface area contributed by atoms with Crippen LogP contribution in [0.4, 0.5) is 0 Å². The van der Waals surface area contributed by atoms with E-state index in [2.05, 4.69) is 5.32 Å². The highest BCUT2D eigenvalue weighted by Gasteiger charge is 2.22. The average molecular weight is 212 g/mol. The van der Waals surface area contributed by atoms with Gasteiger partial charge < -0.3 is 11.1 Å². The number of hydrogen-bond acceptors (Lipinski definition) is 2. The summed E-state index contributed by atoms with van der Waals surface area (Å²) in [6.45, 7) is 4.90. The van der Waals surface area contributed by atoms with Crippen molar-refractivity contribution in [2.75, 3.05) is 6.54 Å². The molecule has 1 amide bonds. The molecule has 0 spiro atoms. The molecule has 0 aromatic carbocycles. The summed E-state index contributed by atoms with van der Waals surface area (Å²) in [4.78, 5) is 11.6. The van der Waals surface area contributed by atoms with Crippen LogP contribution in [-0.4, -0.2) is 18.5 Å². The van der Waals surface area contributed by atoms with Gasteiger partial charge >= 0.3 is 0 Å². The zero-order valence-electron chi connectivity index (χ0n) is 9.96. The minimum Gasteiger partial charge on any atom is -0.356 e. The predicted molar refractivity (Wildman–Crippen MR) is 62.4 cm³/mol. The minimum atomic E-state index is 0.141. The number of carbonyl (C=O) groups excluding carboxylic acids is 1. The quantitative estimate of drug-likeness (QED) is 0.674. The molecule has 2 unspecified atom stereocenters. The molecule has 0 radical (unpaired) electrons. The Morgan fingerprint density at radius 3 is 2.60 bits per heavy atom. The number of amides is 1. The lowest BCUT2D eigenvalue weighted by molar-refractivity contribution is -0.124. The molecule has 88 valence electrons. The van der Waals surface area contributed by atoms with E-state index in [1.807, 2.05) is 13.8 Å². The second-order valence-electron chi connectivity index (χ2n) is 5.00. The van der Waals surface area contributed by atoms with Crippen LogP contribution in [0, 0.1) is 11.8 Å². The first-order valence-electron chi connectivity index (χ1n) is 6.13. The van der Waals surface area contributed by atoms with E-state index in [0.29, 0.717) is 0 Å². The van der Waals surface area contributed by atoms with Gasteiger partial charge in [-0.25, -0.2) is 0 Å². The summed E-state index contributed by atoms with van der Waals surface area (Å²) < 4.78 is 0. The molecular weight excluding hydrogens is 188 g/mol. The van der Waals surface area contributed by atoms with Gasteiger partial charge in [-0.15, -0.1) is 0 Å². The van der Waals surface area contributed by atoms with E-state index in [4.69, 9.17) is 5.73 Å². The zero-order chi connectivity index (χ0) is 11.3.